The molecule has 8 heteroatoms. The Balaban J connectivity index is 1.45. The van der Waals surface area contributed by atoms with Crippen LogP contribution in [0.1, 0.15) is 60.3 Å². The molecule has 2 aliphatic rings. The van der Waals surface area contributed by atoms with Gasteiger partial charge in [0.2, 0.25) is 5.78 Å². The van der Waals surface area contributed by atoms with E-state index in [0.717, 1.165) is 24.8 Å². The number of alkyl halides is 2. The monoisotopic (exact) mass is 434 g/mol. The molecule has 4 rings (SSSR count). The summed E-state index contributed by atoms with van der Waals surface area (Å²) in [6, 6.07) is 2.12. The van der Waals surface area contributed by atoms with E-state index in [1.165, 1.54) is 17.7 Å². The lowest BCUT2D eigenvalue weighted by Gasteiger charge is -2.15. The first kappa shape index (κ1) is 21.3. The van der Waals surface area contributed by atoms with E-state index in [1.807, 2.05) is 11.4 Å². The molecule has 0 bridgehead atoms. The van der Waals surface area contributed by atoms with Crippen molar-refractivity contribution >= 4 is 22.9 Å². The molecule has 0 amide bonds. The zero-order valence-electron chi connectivity index (χ0n) is 17.4. The maximum atomic E-state index is 13.4. The molecule has 1 aliphatic carbocycles. The summed E-state index contributed by atoms with van der Waals surface area (Å²) < 4.78 is 26.8. The topological polar surface area (TPSA) is 58.1 Å². The van der Waals surface area contributed by atoms with E-state index in [4.69, 9.17) is 0 Å². The van der Waals surface area contributed by atoms with Gasteiger partial charge in [0, 0.05) is 31.7 Å². The van der Waals surface area contributed by atoms with Gasteiger partial charge in [-0.25, -0.2) is 18.7 Å². The van der Waals surface area contributed by atoms with Gasteiger partial charge in [0.25, 0.3) is 5.92 Å². The second-order valence-electron chi connectivity index (χ2n) is 8.71. The van der Waals surface area contributed by atoms with Gasteiger partial charge in [0.15, 0.2) is 0 Å². The van der Waals surface area contributed by atoms with Crippen molar-refractivity contribution in [2.24, 2.45) is 11.8 Å². The van der Waals surface area contributed by atoms with Crippen molar-refractivity contribution in [3.05, 3.63) is 40.0 Å². The number of thiophene rings is 1. The fraction of sp³-hybridized carbons (Fsp3) is 0.591. The number of rotatable bonds is 7. The molecule has 3 atom stereocenters. The summed E-state index contributed by atoms with van der Waals surface area (Å²) in [6.45, 7) is 5.11. The number of anilines is 1. The molecule has 5 nitrogen and oxygen atoms in total. The normalized spacial score (nSPS) is 26.2. The SMILES string of the molecule is CC[C@H]1C[C@@H](Nc2ncncc2C(=O)c2cc(CN3CCC(F)(F)C3)cs2)C[C@@H]1C. The van der Waals surface area contributed by atoms with Crippen molar-refractivity contribution in [3.63, 3.8) is 0 Å². The molecule has 0 unspecified atom stereocenters. The maximum absolute atomic E-state index is 13.4. The minimum atomic E-state index is -2.61. The molecule has 3 heterocycles. The average molecular weight is 435 g/mol. The highest BCUT2D eigenvalue weighted by molar-refractivity contribution is 7.12. The van der Waals surface area contributed by atoms with E-state index in [9.17, 15) is 13.6 Å². The summed E-state index contributed by atoms with van der Waals surface area (Å²) in [5.74, 6) is -0.796. The third-order valence-electron chi connectivity index (χ3n) is 6.40. The molecule has 2 aromatic rings. The number of hydrogen-bond acceptors (Lipinski definition) is 6. The van der Waals surface area contributed by atoms with Crippen molar-refractivity contribution in [1.82, 2.24) is 14.9 Å². The summed E-state index contributed by atoms with van der Waals surface area (Å²) in [5, 5.41) is 5.35. The Morgan fingerprint density at radius 1 is 1.40 bits per heavy atom. The van der Waals surface area contributed by atoms with Crippen LogP contribution in [0.15, 0.2) is 24.0 Å². The lowest BCUT2D eigenvalue weighted by atomic mass is 9.96. The highest BCUT2D eigenvalue weighted by atomic mass is 32.1. The molecule has 1 saturated heterocycles. The minimum Gasteiger partial charge on any atom is -0.367 e. The first-order chi connectivity index (χ1) is 14.3. The molecule has 1 saturated carbocycles. The summed E-state index contributed by atoms with van der Waals surface area (Å²) in [4.78, 5) is 23.9. The number of nitrogens with zero attached hydrogens (tertiary/aromatic N) is 3. The van der Waals surface area contributed by atoms with Gasteiger partial charge in [-0.2, -0.15) is 0 Å². The van der Waals surface area contributed by atoms with Gasteiger partial charge in [-0.3, -0.25) is 9.69 Å². The number of hydrogen-bond donors (Lipinski definition) is 1. The van der Waals surface area contributed by atoms with Crippen LogP contribution in [0.2, 0.25) is 0 Å². The van der Waals surface area contributed by atoms with Crippen molar-refractivity contribution in [2.45, 2.75) is 58.0 Å². The van der Waals surface area contributed by atoms with Crippen LogP contribution in [0.3, 0.4) is 0 Å². The Hall–Kier alpha value is -1.93. The van der Waals surface area contributed by atoms with Crippen LogP contribution in [0.4, 0.5) is 14.6 Å². The molecular formula is C22H28F2N4OS. The van der Waals surface area contributed by atoms with Crippen LogP contribution < -0.4 is 5.32 Å². The zero-order valence-corrected chi connectivity index (χ0v) is 18.2. The van der Waals surface area contributed by atoms with Gasteiger partial charge >= 0.3 is 0 Å². The number of likely N-dealkylation sites (tertiary alicyclic amines) is 1. The number of halogens is 2. The molecule has 1 aliphatic heterocycles. The van der Waals surface area contributed by atoms with Crippen LogP contribution in [-0.4, -0.2) is 45.7 Å². The van der Waals surface area contributed by atoms with Gasteiger partial charge in [0.1, 0.15) is 12.1 Å². The second-order valence-corrected chi connectivity index (χ2v) is 9.62. The third kappa shape index (κ3) is 4.70. The predicted molar refractivity (Wildman–Crippen MR) is 114 cm³/mol. The predicted octanol–water partition coefficient (Wildman–Crippen LogP) is 4.85. The van der Waals surface area contributed by atoms with Crippen LogP contribution in [0, 0.1) is 11.8 Å². The van der Waals surface area contributed by atoms with E-state index in [0.29, 0.717) is 47.2 Å². The fourth-order valence-corrected chi connectivity index (χ4v) is 5.59. The van der Waals surface area contributed by atoms with Crippen LogP contribution in [-0.2, 0) is 6.54 Å². The average Bonchev–Trinajstić information content (AvgIpc) is 3.41. The largest absolute Gasteiger partial charge is 0.367 e. The van der Waals surface area contributed by atoms with Crippen molar-refractivity contribution < 1.29 is 13.6 Å². The van der Waals surface area contributed by atoms with Crippen molar-refractivity contribution in [3.8, 4) is 0 Å². The maximum Gasteiger partial charge on any atom is 0.261 e. The van der Waals surface area contributed by atoms with E-state index in [2.05, 4.69) is 29.1 Å². The number of carbonyl (C=O) groups is 1. The molecule has 0 radical (unpaired) electrons. The van der Waals surface area contributed by atoms with Gasteiger partial charge in [-0.1, -0.05) is 20.3 Å². The van der Waals surface area contributed by atoms with Crippen LogP contribution in [0.5, 0.6) is 0 Å². The van der Waals surface area contributed by atoms with Crippen LogP contribution >= 0.6 is 11.3 Å². The Morgan fingerprint density at radius 2 is 2.23 bits per heavy atom. The van der Waals surface area contributed by atoms with E-state index in [-0.39, 0.29) is 18.7 Å². The molecule has 0 aromatic carbocycles. The number of carbonyl (C=O) groups excluding carboxylic acids is 1. The van der Waals surface area contributed by atoms with E-state index < -0.39 is 5.92 Å². The molecule has 162 valence electrons. The van der Waals surface area contributed by atoms with Gasteiger partial charge in [-0.15, -0.1) is 11.3 Å². The van der Waals surface area contributed by atoms with Gasteiger partial charge < -0.3 is 5.32 Å². The molecular weight excluding hydrogens is 406 g/mol. The number of aromatic nitrogens is 2. The first-order valence-corrected chi connectivity index (χ1v) is 11.5. The van der Waals surface area contributed by atoms with E-state index in [1.54, 1.807) is 11.1 Å². The second kappa shape index (κ2) is 8.67. The standard InChI is InChI=1S/C22H28F2N4OS/c1-3-16-8-17(6-14(16)2)27-21-18(9-25-13-26-21)20(29)19-7-15(11-30-19)10-28-5-4-22(23,24)12-28/h7,9,11,13-14,16-17H,3-6,8,10,12H2,1-2H3,(H,25,26,27)/t14-,16-,17-/m0/s1. The Morgan fingerprint density at radius 3 is 2.93 bits per heavy atom. The fourth-order valence-electron chi connectivity index (χ4n) is 4.74. The minimum absolute atomic E-state index is 0.0992. The Bertz CT molecular complexity index is 903. The molecule has 1 N–H and O–H groups in total. The smallest absolute Gasteiger partial charge is 0.261 e. The van der Waals surface area contributed by atoms with E-state index >= 15 is 0 Å². The van der Waals surface area contributed by atoms with Crippen molar-refractivity contribution in [1.29, 1.82) is 0 Å². The highest BCUT2D eigenvalue weighted by Crippen LogP contribution is 2.36. The molecule has 0 spiro atoms. The first-order valence-electron chi connectivity index (χ1n) is 10.6. The Labute approximate surface area is 179 Å². The third-order valence-corrected chi connectivity index (χ3v) is 7.38. The summed E-state index contributed by atoms with van der Waals surface area (Å²) in [5.41, 5.74) is 1.36. The summed E-state index contributed by atoms with van der Waals surface area (Å²) in [7, 11) is 0. The lowest BCUT2D eigenvalue weighted by Crippen LogP contribution is -2.24. The van der Waals surface area contributed by atoms with Gasteiger partial charge in [0.05, 0.1) is 17.0 Å². The molecule has 30 heavy (non-hydrogen) atoms. The van der Waals surface area contributed by atoms with Crippen molar-refractivity contribution in [2.75, 3.05) is 18.4 Å². The summed E-state index contributed by atoms with van der Waals surface area (Å²) in [6.07, 6.45) is 6.24. The summed E-state index contributed by atoms with van der Waals surface area (Å²) >= 11 is 1.34. The Kier molecular flexibility index (Phi) is 6.16. The lowest BCUT2D eigenvalue weighted by molar-refractivity contribution is 0.0115. The van der Waals surface area contributed by atoms with Gasteiger partial charge in [-0.05, 0) is 41.7 Å². The number of nitrogens with one attached hydrogen (secondary N) is 1. The molecule has 2 fully saturated rings. The van der Waals surface area contributed by atoms with Crippen LogP contribution in [0.25, 0.3) is 0 Å². The quantitative estimate of drug-likeness (QED) is 0.632. The number of ketones is 1. The zero-order chi connectivity index (χ0) is 21.3. The molecule has 2 aromatic heterocycles. The highest BCUT2D eigenvalue weighted by Gasteiger charge is 2.38.